The molecule has 7 nitrogen and oxygen atoms in total. The highest BCUT2D eigenvalue weighted by molar-refractivity contribution is 7.92. The Bertz CT molecular complexity index is 1040. The van der Waals surface area contributed by atoms with Crippen molar-refractivity contribution in [2.75, 3.05) is 44.6 Å². The first kappa shape index (κ1) is 23.6. The van der Waals surface area contributed by atoms with E-state index in [-0.39, 0.29) is 10.8 Å². The van der Waals surface area contributed by atoms with E-state index in [4.69, 9.17) is 4.74 Å². The lowest BCUT2D eigenvalue weighted by atomic mass is 9.89. The molecule has 8 heteroatoms. The highest BCUT2D eigenvalue weighted by Crippen LogP contribution is 2.27. The minimum atomic E-state index is -3.80. The van der Waals surface area contributed by atoms with E-state index in [1.165, 1.54) is 51.3 Å². The molecule has 1 aliphatic heterocycles. The van der Waals surface area contributed by atoms with Crippen LogP contribution in [0.25, 0.3) is 0 Å². The molecule has 33 heavy (non-hydrogen) atoms. The van der Waals surface area contributed by atoms with Crippen molar-refractivity contribution >= 4 is 21.6 Å². The van der Waals surface area contributed by atoms with Gasteiger partial charge in [-0.2, -0.15) is 0 Å². The zero-order chi connectivity index (χ0) is 23.3. The van der Waals surface area contributed by atoms with Gasteiger partial charge in [0.05, 0.1) is 17.7 Å². The second-order valence-corrected chi connectivity index (χ2v) is 10.6. The number of para-hydroxylation sites is 2. The number of nitrogens with zero attached hydrogens (tertiary/aromatic N) is 2. The van der Waals surface area contributed by atoms with Crippen molar-refractivity contribution in [1.29, 1.82) is 0 Å². The number of amides is 1. The van der Waals surface area contributed by atoms with Gasteiger partial charge >= 0.3 is 0 Å². The van der Waals surface area contributed by atoms with Crippen molar-refractivity contribution in [3.05, 3.63) is 54.1 Å². The molecule has 178 valence electrons. The predicted molar refractivity (Wildman–Crippen MR) is 129 cm³/mol. The smallest absolute Gasteiger partial charge is 0.262 e. The lowest BCUT2D eigenvalue weighted by Gasteiger charge is -2.37. The summed E-state index contributed by atoms with van der Waals surface area (Å²) in [6, 6.07) is 13.0. The lowest BCUT2D eigenvalue weighted by molar-refractivity contribution is 0.0606. The second-order valence-electron chi connectivity index (χ2n) is 8.93. The van der Waals surface area contributed by atoms with Crippen molar-refractivity contribution in [2.24, 2.45) is 5.92 Å². The molecular formula is C25H33N3O4S. The number of piperazine rings is 1. The molecule has 0 unspecified atom stereocenters. The Morgan fingerprint density at radius 3 is 2.30 bits per heavy atom. The Balaban J connectivity index is 1.34. The molecule has 1 N–H and O–H groups in total. The van der Waals surface area contributed by atoms with E-state index in [0.717, 1.165) is 25.6 Å². The molecule has 1 heterocycles. The van der Waals surface area contributed by atoms with Gasteiger partial charge in [0.1, 0.15) is 5.75 Å². The van der Waals surface area contributed by atoms with Crippen LogP contribution in [0.5, 0.6) is 5.75 Å². The molecule has 2 aliphatic rings. The summed E-state index contributed by atoms with van der Waals surface area (Å²) < 4.78 is 33.3. The van der Waals surface area contributed by atoms with Gasteiger partial charge in [-0.15, -0.1) is 0 Å². The van der Waals surface area contributed by atoms with Gasteiger partial charge in [-0.1, -0.05) is 31.4 Å². The quantitative estimate of drug-likeness (QED) is 0.664. The van der Waals surface area contributed by atoms with E-state index < -0.39 is 10.0 Å². The van der Waals surface area contributed by atoms with Crippen molar-refractivity contribution < 1.29 is 17.9 Å². The SMILES string of the molecule is COc1ccccc1NS(=O)(=O)c1ccc(C(=O)N2CCN(CC3CCCCC3)CC2)cc1. The van der Waals surface area contributed by atoms with E-state index in [1.54, 1.807) is 36.4 Å². The van der Waals surface area contributed by atoms with Crippen LogP contribution in [0, 0.1) is 5.92 Å². The number of sulfonamides is 1. The molecule has 2 aromatic rings. The van der Waals surface area contributed by atoms with Crippen LogP contribution < -0.4 is 9.46 Å². The van der Waals surface area contributed by atoms with Crippen LogP contribution in [0.3, 0.4) is 0 Å². The number of carbonyl (C=O) groups excluding carboxylic acids is 1. The number of benzene rings is 2. The molecule has 1 amide bonds. The van der Waals surface area contributed by atoms with E-state index in [2.05, 4.69) is 9.62 Å². The minimum Gasteiger partial charge on any atom is -0.495 e. The number of methoxy groups -OCH3 is 1. The van der Waals surface area contributed by atoms with Crippen molar-refractivity contribution in [3.63, 3.8) is 0 Å². The Hall–Kier alpha value is -2.58. The van der Waals surface area contributed by atoms with Crippen LogP contribution in [0.15, 0.2) is 53.4 Å². The molecule has 0 radical (unpaired) electrons. The second kappa shape index (κ2) is 10.6. The third kappa shape index (κ3) is 5.86. The zero-order valence-corrected chi connectivity index (χ0v) is 20.0. The normalized spacial score (nSPS) is 18.2. The fourth-order valence-corrected chi connectivity index (χ4v) is 5.83. The van der Waals surface area contributed by atoms with Gasteiger partial charge in [0, 0.05) is 38.3 Å². The van der Waals surface area contributed by atoms with Crippen LogP contribution in [-0.4, -0.2) is 64.0 Å². The number of hydrogen-bond donors (Lipinski definition) is 1. The Morgan fingerprint density at radius 2 is 1.64 bits per heavy atom. The standard InChI is InChI=1S/C25H33N3O4S/c1-32-24-10-6-5-9-23(24)26-33(30,31)22-13-11-21(12-14-22)25(29)28-17-15-27(16-18-28)19-20-7-3-2-4-8-20/h5-6,9-14,20,26H,2-4,7-8,15-19H2,1H3. The molecule has 0 atom stereocenters. The van der Waals surface area contributed by atoms with Crippen molar-refractivity contribution in [3.8, 4) is 5.75 Å². The maximum Gasteiger partial charge on any atom is 0.262 e. The van der Waals surface area contributed by atoms with Crippen LogP contribution in [0.4, 0.5) is 5.69 Å². The van der Waals surface area contributed by atoms with Gasteiger partial charge in [0.2, 0.25) is 0 Å². The number of ether oxygens (including phenoxy) is 1. The number of anilines is 1. The Kier molecular flexibility index (Phi) is 7.55. The van der Waals surface area contributed by atoms with Crippen LogP contribution >= 0.6 is 0 Å². The average molecular weight is 472 g/mol. The van der Waals surface area contributed by atoms with Crippen molar-refractivity contribution in [1.82, 2.24) is 9.80 Å². The van der Waals surface area contributed by atoms with Gasteiger partial charge in [0.25, 0.3) is 15.9 Å². The summed E-state index contributed by atoms with van der Waals surface area (Å²) in [6.45, 7) is 4.37. The first-order chi connectivity index (χ1) is 16.0. The molecular weight excluding hydrogens is 438 g/mol. The molecule has 0 aromatic heterocycles. The summed E-state index contributed by atoms with van der Waals surface area (Å²) in [6.07, 6.45) is 6.74. The van der Waals surface area contributed by atoms with Crippen LogP contribution in [-0.2, 0) is 10.0 Å². The van der Waals surface area contributed by atoms with E-state index in [9.17, 15) is 13.2 Å². The first-order valence-electron chi connectivity index (χ1n) is 11.7. The number of nitrogens with one attached hydrogen (secondary N) is 1. The molecule has 0 spiro atoms. The van der Waals surface area contributed by atoms with Gasteiger partial charge in [0.15, 0.2) is 0 Å². The zero-order valence-electron chi connectivity index (χ0n) is 19.2. The highest BCUT2D eigenvalue weighted by Gasteiger charge is 2.25. The molecule has 2 aromatic carbocycles. The minimum absolute atomic E-state index is 0.0473. The molecule has 2 fully saturated rings. The molecule has 1 aliphatic carbocycles. The van der Waals surface area contributed by atoms with E-state index >= 15 is 0 Å². The number of hydrogen-bond acceptors (Lipinski definition) is 5. The van der Waals surface area contributed by atoms with E-state index in [0.29, 0.717) is 30.1 Å². The molecule has 0 bridgehead atoms. The summed E-state index contributed by atoms with van der Waals surface area (Å²) in [5.41, 5.74) is 0.873. The summed E-state index contributed by atoms with van der Waals surface area (Å²) in [5, 5.41) is 0. The Labute approximate surface area is 196 Å². The number of carbonyl (C=O) groups is 1. The summed E-state index contributed by atoms with van der Waals surface area (Å²) >= 11 is 0. The van der Waals surface area contributed by atoms with Gasteiger partial charge in [-0.05, 0) is 55.2 Å². The van der Waals surface area contributed by atoms with Crippen LogP contribution in [0.1, 0.15) is 42.5 Å². The number of rotatable bonds is 7. The lowest BCUT2D eigenvalue weighted by Crippen LogP contribution is -2.49. The molecule has 1 saturated heterocycles. The highest BCUT2D eigenvalue weighted by atomic mass is 32.2. The summed E-state index contributed by atoms with van der Waals surface area (Å²) in [7, 11) is -2.31. The fourth-order valence-electron chi connectivity index (χ4n) is 4.76. The average Bonchev–Trinajstić information content (AvgIpc) is 2.85. The Morgan fingerprint density at radius 1 is 0.970 bits per heavy atom. The first-order valence-corrected chi connectivity index (χ1v) is 13.2. The maximum atomic E-state index is 13.0. The van der Waals surface area contributed by atoms with Gasteiger partial charge in [-0.25, -0.2) is 8.42 Å². The van der Waals surface area contributed by atoms with E-state index in [1.807, 2.05) is 4.90 Å². The maximum absolute atomic E-state index is 13.0. The fraction of sp³-hybridized carbons (Fsp3) is 0.480. The largest absolute Gasteiger partial charge is 0.495 e. The third-order valence-electron chi connectivity index (χ3n) is 6.66. The predicted octanol–water partition coefficient (Wildman–Crippen LogP) is 3.83. The summed E-state index contributed by atoms with van der Waals surface area (Å²) in [4.78, 5) is 17.4. The van der Waals surface area contributed by atoms with Crippen LogP contribution in [0.2, 0.25) is 0 Å². The third-order valence-corrected chi connectivity index (χ3v) is 8.04. The summed E-state index contributed by atoms with van der Waals surface area (Å²) in [5.74, 6) is 1.20. The van der Waals surface area contributed by atoms with Gasteiger partial charge in [-0.3, -0.25) is 14.4 Å². The molecule has 4 rings (SSSR count). The van der Waals surface area contributed by atoms with Gasteiger partial charge < -0.3 is 9.64 Å². The topological polar surface area (TPSA) is 78.9 Å². The van der Waals surface area contributed by atoms with Crippen molar-refractivity contribution in [2.45, 2.75) is 37.0 Å². The molecule has 1 saturated carbocycles. The monoisotopic (exact) mass is 471 g/mol.